The van der Waals surface area contributed by atoms with Gasteiger partial charge in [-0.15, -0.1) is 13.2 Å². The number of pyridine rings is 1. The van der Waals surface area contributed by atoms with Crippen LogP contribution in [0, 0.1) is 0 Å². The minimum atomic E-state index is -4.80. The van der Waals surface area contributed by atoms with Crippen molar-refractivity contribution in [1.29, 1.82) is 0 Å². The molecular formula is C21H17ClF3N3O5S. The fourth-order valence-electron chi connectivity index (χ4n) is 2.67. The number of nitrogens with one attached hydrogen (secondary N) is 2. The summed E-state index contributed by atoms with van der Waals surface area (Å²) >= 11 is 6.14. The van der Waals surface area contributed by atoms with Crippen molar-refractivity contribution in [2.24, 2.45) is 0 Å². The Balaban J connectivity index is 1.64. The summed E-state index contributed by atoms with van der Waals surface area (Å²) in [4.78, 5) is 16.5. The summed E-state index contributed by atoms with van der Waals surface area (Å²) in [5.74, 6) is -0.667. The van der Waals surface area contributed by atoms with Gasteiger partial charge in [0.25, 0.3) is 5.91 Å². The number of amides is 1. The zero-order chi connectivity index (χ0) is 24.9. The third kappa shape index (κ3) is 6.83. The summed E-state index contributed by atoms with van der Waals surface area (Å²) in [6.45, 7) is 0.0245. The quantitative estimate of drug-likeness (QED) is 0.464. The lowest BCUT2D eigenvalue weighted by atomic mass is 10.2. The number of carbonyl (C=O) groups excluding carboxylic acids is 1. The number of rotatable bonds is 8. The van der Waals surface area contributed by atoms with Gasteiger partial charge in [0.1, 0.15) is 11.5 Å². The van der Waals surface area contributed by atoms with E-state index in [1.807, 2.05) is 0 Å². The summed E-state index contributed by atoms with van der Waals surface area (Å²) in [6.07, 6.45) is -3.47. The topological polar surface area (TPSA) is 107 Å². The Bertz CT molecular complexity index is 1290. The Labute approximate surface area is 197 Å². The van der Waals surface area contributed by atoms with Crippen molar-refractivity contribution in [3.8, 4) is 17.4 Å². The van der Waals surface area contributed by atoms with E-state index < -0.39 is 28.0 Å². The lowest BCUT2D eigenvalue weighted by molar-refractivity contribution is -0.274. The van der Waals surface area contributed by atoms with Gasteiger partial charge in [-0.2, -0.15) is 0 Å². The van der Waals surface area contributed by atoms with E-state index in [0.717, 1.165) is 12.1 Å². The summed E-state index contributed by atoms with van der Waals surface area (Å²) in [5, 5.41) is 2.81. The first-order valence-corrected chi connectivity index (χ1v) is 11.3. The van der Waals surface area contributed by atoms with Gasteiger partial charge in [-0.1, -0.05) is 17.7 Å². The van der Waals surface area contributed by atoms with E-state index in [1.165, 1.54) is 55.7 Å². The standard InChI is InChI=1S/C21H17ClF3N3O5S/c1-26-34(30,31)17-7-2-14(18(22)11-17)12-28-20(29)13-8-9-27-19(10-13)32-15-3-5-16(6-4-15)33-21(23,24)25/h2-11,26H,12H2,1H3,(H,28,29). The average molecular weight is 516 g/mol. The molecular weight excluding hydrogens is 499 g/mol. The summed E-state index contributed by atoms with van der Waals surface area (Å²) in [7, 11) is -2.37. The van der Waals surface area contributed by atoms with Crippen molar-refractivity contribution >= 4 is 27.5 Å². The number of halogens is 4. The maximum Gasteiger partial charge on any atom is 0.573 e. The lowest BCUT2D eigenvalue weighted by Crippen LogP contribution is -2.23. The summed E-state index contributed by atoms with van der Waals surface area (Å²) < 4.78 is 71.9. The first kappa shape index (κ1) is 25.3. The van der Waals surface area contributed by atoms with Crippen LogP contribution in [0.15, 0.2) is 65.7 Å². The highest BCUT2D eigenvalue weighted by Gasteiger charge is 2.31. The highest BCUT2D eigenvalue weighted by molar-refractivity contribution is 7.89. The van der Waals surface area contributed by atoms with Crippen molar-refractivity contribution in [2.75, 3.05) is 7.05 Å². The monoisotopic (exact) mass is 515 g/mol. The van der Waals surface area contributed by atoms with Crippen molar-refractivity contribution in [1.82, 2.24) is 15.0 Å². The van der Waals surface area contributed by atoms with Crippen molar-refractivity contribution in [2.45, 2.75) is 17.8 Å². The molecule has 0 aliphatic carbocycles. The highest BCUT2D eigenvalue weighted by Crippen LogP contribution is 2.27. The molecule has 0 fully saturated rings. The van der Waals surface area contributed by atoms with Crippen LogP contribution < -0.4 is 19.5 Å². The molecule has 3 aromatic rings. The largest absolute Gasteiger partial charge is 0.573 e. The fraction of sp³-hybridized carbons (Fsp3) is 0.143. The molecule has 8 nitrogen and oxygen atoms in total. The third-order valence-corrected chi connectivity index (χ3v) is 6.08. The van der Waals surface area contributed by atoms with Crippen LogP contribution in [0.25, 0.3) is 0 Å². The number of alkyl halides is 3. The van der Waals surface area contributed by atoms with Gasteiger partial charge in [0.15, 0.2) is 0 Å². The summed E-state index contributed by atoms with van der Waals surface area (Å²) in [6, 6.07) is 11.6. The molecule has 3 rings (SSSR count). The van der Waals surface area contributed by atoms with Gasteiger partial charge in [-0.25, -0.2) is 18.1 Å². The number of carbonyl (C=O) groups is 1. The Morgan fingerprint density at radius 2 is 1.74 bits per heavy atom. The van der Waals surface area contributed by atoms with E-state index in [4.69, 9.17) is 16.3 Å². The molecule has 0 aliphatic heterocycles. The van der Waals surface area contributed by atoms with Crippen LogP contribution in [-0.4, -0.2) is 32.7 Å². The van der Waals surface area contributed by atoms with Crippen LogP contribution in [0.5, 0.6) is 17.4 Å². The molecule has 13 heteroatoms. The maximum absolute atomic E-state index is 12.5. The van der Waals surface area contributed by atoms with Crippen LogP contribution in [-0.2, 0) is 16.6 Å². The predicted octanol–water partition coefficient (Wildman–Crippen LogP) is 4.26. The Morgan fingerprint density at radius 1 is 1.06 bits per heavy atom. The van der Waals surface area contributed by atoms with Crippen molar-refractivity contribution in [3.05, 3.63) is 76.9 Å². The average Bonchev–Trinajstić information content (AvgIpc) is 2.78. The van der Waals surface area contributed by atoms with Gasteiger partial charge in [0, 0.05) is 29.4 Å². The second-order valence-electron chi connectivity index (χ2n) is 6.65. The van der Waals surface area contributed by atoms with E-state index in [2.05, 4.69) is 19.8 Å². The molecule has 0 unspecified atom stereocenters. The van der Waals surface area contributed by atoms with Gasteiger partial charge in [0.05, 0.1) is 4.90 Å². The van der Waals surface area contributed by atoms with Gasteiger partial charge >= 0.3 is 6.36 Å². The number of ether oxygens (including phenoxy) is 2. The van der Waals surface area contributed by atoms with Gasteiger partial charge in [-0.3, -0.25) is 4.79 Å². The number of benzene rings is 2. The van der Waals surface area contributed by atoms with E-state index >= 15 is 0 Å². The number of hydrogen-bond acceptors (Lipinski definition) is 6. The molecule has 34 heavy (non-hydrogen) atoms. The SMILES string of the molecule is CNS(=O)(=O)c1ccc(CNC(=O)c2ccnc(Oc3ccc(OC(F)(F)F)cc3)c2)c(Cl)c1. The molecule has 0 saturated carbocycles. The molecule has 1 heterocycles. The normalized spacial score (nSPS) is 11.7. The third-order valence-electron chi connectivity index (χ3n) is 4.32. The number of aromatic nitrogens is 1. The summed E-state index contributed by atoms with van der Waals surface area (Å²) in [5.41, 5.74) is 0.698. The van der Waals surface area contributed by atoms with E-state index in [1.54, 1.807) is 0 Å². The van der Waals surface area contributed by atoms with E-state index in [-0.39, 0.29) is 33.7 Å². The van der Waals surface area contributed by atoms with Crippen molar-refractivity contribution < 1.29 is 35.9 Å². The highest BCUT2D eigenvalue weighted by atomic mass is 35.5. The number of sulfonamides is 1. The zero-order valence-electron chi connectivity index (χ0n) is 17.4. The number of hydrogen-bond donors (Lipinski definition) is 2. The lowest BCUT2D eigenvalue weighted by Gasteiger charge is -2.11. The van der Waals surface area contributed by atoms with Crippen LogP contribution in [0.3, 0.4) is 0 Å². The van der Waals surface area contributed by atoms with Crippen LogP contribution >= 0.6 is 11.6 Å². The molecule has 0 atom stereocenters. The second-order valence-corrected chi connectivity index (χ2v) is 8.94. The first-order chi connectivity index (χ1) is 16.0. The molecule has 2 N–H and O–H groups in total. The molecule has 1 aromatic heterocycles. The van der Waals surface area contributed by atoms with E-state index in [0.29, 0.717) is 5.56 Å². The molecule has 180 valence electrons. The van der Waals surface area contributed by atoms with Gasteiger partial charge < -0.3 is 14.8 Å². The Hall–Kier alpha value is -3.35. The zero-order valence-corrected chi connectivity index (χ0v) is 19.0. The number of nitrogens with zero attached hydrogens (tertiary/aromatic N) is 1. The molecule has 0 radical (unpaired) electrons. The minimum Gasteiger partial charge on any atom is -0.439 e. The molecule has 2 aromatic carbocycles. The fourth-order valence-corrected chi connectivity index (χ4v) is 3.74. The van der Waals surface area contributed by atoms with E-state index in [9.17, 15) is 26.4 Å². The molecule has 0 spiro atoms. The molecule has 0 aliphatic rings. The molecule has 0 saturated heterocycles. The smallest absolute Gasteiger partial charge is 0.439 e. The molecule has 1 amide bonds. The maximum atomic E-state index is 12.5. The van der Waals surface area contributed by atoms with Crippen LogP contribution in [0.4, 0.5) is 13.2 Å². The Kier molecular flexibility index (Phi) is 7.64. The van der Waals surface area contributed by atoms with Gasteiger partial charge in [-0.05, 0) is 55.1 Å². The minimum absolute atomic E-state index is 0.0102. The molecule has 0 bridgehead atoms. The van der Waals surface area contributed by atoms with Crippen LogP contribution in [0.2, 0.25) is 5.02 Å². The predicted molar refractivity (Wildman–Crippen MR) is 116 cm³/mol. The van der Waals surface area contributed by atoms with Gasteiger partial charge in [0.2, 0.25) is 15.9 Å². The Morgan fingerprint density at radius 3 is 2.35 bits per heavy atom. The second kappa shape index (κ2) is 10.3. The van der Waals surface area contributed by atoms with Crippen molar-refractivity contribution in [3.63, 3.8) is 0 Å². The first-order valence-electron chi connectivity index (χ1n) is 9.47. The van der Waals surface area contributed by atoms with Crippen LogP contribution in [0.1, 0.15) is 15.9 Å².